The van der Waals surface area contributed by atoms with Crippen LogP contribution in [0.5, 0.6) is 0 Å². The van der Waals surface area contributed by atoms with Crippen molar-refractivity contribution in [1.29, 1.82) is 0 Å². The standard InChI is InChI=1S/C20H27ClN6O/c1-4-25(5-2)12-13-26-18-9-7-6-8-17(18)23-20(26)24-19(28)10-11-27-15(3)16(21)14-22-27/h6-9,14H,4-5,10-13H2,1-3H3,(H,23,24,28). The number of benzene rings is 1. The third-order valence-electron chi connectivity index (χ3n) is 5.03. The molecule has 8 heteroatoms. The number of likely N-dealkylation sites (N-methyl/N-ethyl adjacent to an activating group) is 1. The fourth-order valence-electron chi connectivity index (χ4n) is 3.22. The smallest absolute Gasteiger partial charge is 0.228 e. The zero-order valence-electron chi connectivity index (χ0n) is 16.7. The lowest BCUT2D eigenvalue weighted by atomic mass is 10.3. The molecule has 2 aromatic heterocycles. The molecule has 0 saturated heterocycles. The fraction of sp³-hybridized carbons (Fsp3) is 0.450. The number of fused-ring (bicyclic) bond motifs is 1. The van der Waals surface area contributed by atoms with Crippen molar-refractivity contribution in [2.45, 2.75) is 40.3 Å². The van der Waals surface area contributed by atoms with Gasteiger partial charge in [0.2, 0.25) is 11.9 Å². The highest BCUT2D eigenvalue weighted by Crippen LogP contribution is 2.20. The first-order valence-electron chi connectivity index (χ1n) is 9.68. The maximum absolute atomic E-state index is 12.5. The minimum atomic E-state index is -0.0922. The van der Waals surface area contributed by atoms with Gasteiger partial charge in [-0.3, -0.25) is 14.8 Å². The van der Waals surface area contributed by atoms with Crippen LogP contribution >= 0.6 is 11.6 Å². The second kappa shape index (κ2) is 9.21. The molecular formula is C20H27ClN6O. The van der Waals surface area contributed by atoms with Gasteiger partial charge >= 0.3 is 0 Å². The maximum atomic E-state index is 12.5. The minimum Gasteiger partial charge on any atom is -0.309 e. The molecule has 1 aromatic carbocycles. The van der Waals surface area contributed by atoms with Crippen molar-refractivity contribution >= 4 is 34.5 Å². The van der Waals surface area contributed by atoms with E-state index in [4.69, 9.17) is 11.6 Å². The number of aryl methyl sites for hydroxylation is 1. The second-order valence-electron chi connectivity index (χ2n) is 6.70. The molecule has 1 N–H and O–H groups in total. The van der Waals surface area contributed by atoms with Crippen LogP contribution in [0.3, 0.4) is 0 Å². The summed E-state index contributed by atoms with van der Waals surface area (Å²) in [5, 5.41) is 7.78. The van der Waals surface area contributed by atoms with Gasteiger partial charge in [0, 0.05) is 19.5 Å². The predicted octanol–water partition coefficient (Wildman–Crippen LogP) is 3.57. The zero-order chi connectivity index (χ0) is 20.1. The number of nitrogens with one attached hydrogen (secondary N) is 1. The van der Waals surface area contributed by atoms with Crippen molar-refractivity contribution in [3.05, 3.63) is 41.2 Å². The van der Waals surface area contributed by atoms with E-state index in [1.54, 1.807) is 10.9 Å². The van der Waals surface area contributed by atoms with Crippen LogP contribution in [-0.2, 0) is 17.9 Å². The molecule has 0 unspecified atom stereocenters. The van der Waals surface area contributed by atoms with Crippen molar-refractivity contribution in [1.82, 2.24) is 24.2 Å². The normalized spacial score (nSPS) is 11.5. The highest BCUT2D eigenvalue weighted by Gasteiger charge is 2.14. The summed E-state index contributed by atoms with van der Waals surface area (Å²) in [6, 6.07) is 7.96. The first-order chi connectivity index (χ1) is 13.5. The predicted molar refractivity (Wildman–Crippen MR) is 113 cm³/mol. The van der Waals surface area contributed by atoms with Crippen molar-refractivity contribution < 1.29 is 4.79 Å². The third kappa shape index (κ3) is 4.54. The van der Waals surface area contributed by atoms with Crippen LogP contribution < -0.4 is 5.32 Å². The molecule has 0 saturated carbocycles. The topological polar surface area (TPSA) is 68.0 Å². The van der Waals surface area contributed by atoms with E-state index in [9.17, 15) is 4.79 Å². The van der Waals surface area contributed by atoms with Gasteiger partial charge in [-0.2, -0.15) is 5.10 Å². The first kappa shape index (κ1) is 20.4. The lowest BCUT2D eigenvalue weighted by Gasteiger charge is -2.19. The van der Waals surface area contributed by atoms with Crippen LogP contribution in [0.4, 0.5) is 5.95 Å². The maximum Gasteiger partial charge on any atom is 0.228 e. The van der Waals surface area contributed by atoms with Gasteiger partial charge in [-0.25, -0.2) is 4.98 Å². The Kier molecular flexibility index (Phi) is 6.70. The molecule has 0 aliphatic rings. The van der Waals surface area contributed by atoms with Gasteiger partial charge in [0.1, 0.15) is 0 Å². The molecule has 1 amide bonds. The monoisotopic (exact) mass is 402 g/mol. The number of para-hydroxylation sites is 2. The van der Waals surface area contributed by atoms with Crippen LogP contribution in [0, 0.1) is 6.92 Å². The minimum absolute atomic E-state index is 0.0922. The molecule has 0 fully saturated rings. The number of hydrogen-bond acceptors (Lipinski definition) is 4. The van der Waals surface area contributed by atoms with Crippen molar-refractivity contribution in [2.75, 3.05) is 25.0 Å². The Morgan fingerprint density at radius 3 is 2.64 bits per heavy atom. The summed E-state index contributed by atoms with van der Waals surface area (Å²) in [7, 11) is 0. The number of amides is 1. The molecule has 0 aliphatic carbocycles. The quantitative estimate of drug-likeness (QED) is 0.594. The van der Waals surface area contributed by atoms with Crippen LogP contribution in [0.15, 0.2) is 30.5 Å². The Balaban J connectivity index is 1.73. The summed E-state index contributed by atoms with van der Waals surface area (Å²) in [6.45, 7) is 10.3. The van der Waals surface area contributed by atoms with Crippen LogP contribution in [-0.4, -0.2) is 49.8 Å². The summed E-state index contributed by atoms with van der Waals surface area (Å²) in [5.74, 6) is 0.499. The van der Waals surface area contributed by atoms with Gasteiger partial charge in [0.05, 0.1) is 34.5 Å². The van der Waals surface area contributed by atoms with Crippen LogP contribution in [0.1, 0.15) is 26.0 Å². The Hall–Kier alpha value is -2.38. The van der Waals surface area contributed by atoms with Crippen LogP contribution in [0.25, 0.3) is 11.0 Å². The number of halogens is 1. The number of carbonyl (C=O) groups excluding carboxylic acids is 1. The zero-order valence-corrected chi connectivity index (χ0v) is 17.4. The molecule has 0 atom stereocenters. The number of anilines is 1. The second-order valence-corrected chi connectivity index (χ2v) is 7.11. The van der Waals surface area contributed by atoms with E-state index in [1.165, 1.54) is 0 Å². The van der Waals surface area contributed by atoms with Crippen molar-refractivity contribution in [3.63, 3.8) is 0 Å². The van der Waals surface area contributed by atoms with E-state index in [0.29, 0.717) is 23.9 Å². The molecule has 0 radical (unpaired) electrons. The number of hydrogen-bond donors (Lipinski definition) is 1. The van der Waals surface area contributed by atoms with E-state index >= 15 is 0 Å². The van der Waals surface area contributed by atoms with E-state index in [0.717, 1.165) is 42.9 Å². The van der Waals surface area contributed by atoms with Gasteiger partial charge < -0.3 is 9.47 Å². The number of aromatic nitrogens is 4. The van der Waals surface area contributed by atoms with Crippen molar-refractivity contribution in [3.8, 4) is 0 Å². The lowest BCUT2D eigenvalue weighted by molar-refractivity contribution is -0.116. The molecule has 0 bridgehead atoms. The summed E-state index contributed by atoms with van der Waals surface area (Å²) in [5.41, 5.74) is 2.77. The number of imidazole rings is 1. The Morgan fingerprint density at radius 1 is 1.21 bits per heavy atom. The average Bonchev–Trinajstić information content (AvgIpc) is 3.21. The molecule has 3 rings (SSSR count). The van der Waals surface area contributed by atoms with Gasteiger partial charge in [0.25, 0.3) is 0 Å². The summed E-state index contributed by atoms with van der Waals surface area (Å²) >= 11 is 6.02. The van der Waals surface area contributed by atoms with E-state index in [1.807, 2.05) is 31.2 Å². The van der Waals surface area contributed by atoms with Gasteiger partial charge in [-0.15, -0.1) is 0 Å². The number of carbonyl (C=O) groups is 1. The first-order valence-corrected chi connectivity index (χ1v) is 10.1. The SMILES string of the molecule is CCN(CC)CCn1c(NC(=O)CCn2ncc(Cl)c2C)nc2ccccc21. The number of rotatable bonds is 9. The molecule has 7 nitrogen and oxygen atoms in total. The van der Waals surface area contributed by atoms with E-state index in [-0.39, 0.29) is 5.91 Å². The molecule has 150 valence electrons. The Bertz CT molecular complexity index is 943. The molecule has 0 spiro atoms. The van der Waals surface area contributed by atoms with Gasteiger partial charge in [-0.05, 0) is 32.1 Å². The lowest BCUT2D eigenvalue weighted by Crippen LogP contribution is -2.28. The Labute approximate surface area is 170 Å². The third-order valence-corrected chi connectivity index (χ3v) is 5.41. The molecular weight excluding hydrogens is 376 g/mol. The Morgan fingerprint density at radius 2 is 1.96 bits per heavy atom. The average molecular weight is 403 g/mol. The van der Waals surface area contributed by atoms with E-state index < -0.39 is 0 Å². The largest absolute Gasteiger partial charge is 0.309 e. The molecule has 0 aliphatic heterocycles. The highest BCUT2D eigenvalue weighted by atomic mass is 35.5. The van der Waals surface area contributed by atoms with Crippen molar-refractivity contribution in [2.24, 2.45) is 0 Å². The highest BCUT2D eigenvalue weighted by molar-refractivity contribution is 6.31. The summed E-state index contributed by atoms with van der Waals surface area (Å²) < 4.78 is 3.83. The van der Waals surface area contributed by atoms with Gasteiger partial charge in [0.15, 0.2) is 0 Å². The van der Waals surface area contributed by atoms with Gasteiger partial charge in [-0.1, -0.05) is 37.6 Å². The van der Waals surface area contributed by atoms with E-state index in [2.05, 4.69) is 38.7 Å². The summed E-state index contributed by atoms with van der Waals surface area (Å²) in [6.07, 6.45) is 1.90. The fourth-order valence-corrected chi connectivity index (χ4v) is 3.36. The van der Waals surface area contributed by atoms with Crippen LogP contribution in [0.2, 0.25) is 5.02 Å². The number of nitrogens with zero attached hydrogens (tertiary/aromatic N) is 5. The summed E-state index contributed by atoms with van der Waals surface area (Å²) in [4.78, 5) is 19.5. The molecule has 2 heterocycles. The molecule has 28 heavy (non-hydrogen) atoms. The molecule has 3 aromatic rings.